The first-order valence-corrected chi connectivity index (χ1v) is 12.6. The molecular formula is C22H32FN3O4S. The molecule has 7 nitrogen and oxygen atoms in total. The van der Waals surface area contributed by atoms with Crippen LogP contribution in [0.5, 0.6) is 0 Å². The first kappa shape index (κ1) is 23.7. The third-order valence-corrected chi connectivity index (χ3v) is 7.80. The Morgan fingerprint density at radius 1 is 1.03 bits per heavy atom. The van der Waals surface area contributed by atoms with Crippen molar-refractivity contribution in [3.63, 3.8) is 0 Å². The molecule has 2 fully saturated rings. The van der Waals surface area contributed by atoms with Crippen LogP contribution in [-0.4, -0.2) is 38.9 Å². The lowest BCUT2D eigenvalue weighted by Crippen LogP contribution is -2.49. The smallest absolute Gasteiger partial charge is 0.242 e. The number of amides is 2. The Balaban J connectivity index is 1.39. The average Bonchev–Trinajstić information content (AvgIpc) is 3.26. The lowest BCUT2D eigenvalue weighted by molar-refractivity contribution is -0.131. The number of hydrogen-bond donors (Lipinski definition) is 3. The predicted molar refractivity (Wildman–Crippen MR) is 115 cm³/mol. The summed E-state index contributed by atoms with van der Waals surface area (Å²) in [6.07, 6.45) is 7.05. The molecule has 2 saturated carbocycles. The number of halogens is 1. The Kier molecular flexibility index (Phi) is 8.05. The van der Waals surface area contributed by atoms with Crippen LogP contribution in [0.4, 0.5) is 4.39 Å². The highest BCUT2D eigenvalue weighted by molar-refractivity contribution is 7.89. The maximum Gasteiger partial charge on any atom is 0.242 e. The van der Waals surface area contributed by atoms with Gasteiger partial charge in [0.05, 0.1) is 4.90 Å². The van der Waals surface area contributed by atoms with Crippen LogP contribution < -0.4 is 15.4 Å². The Bertz CT molecular complexity index is 861. The van der Waals surface area contributed by atoms with Gasteiger partial charge in [-0.05, 0) is 75.6 Å². The molecule has 0 saturated heterocycles. The summed E-state index contributed by atoms with van der Waals surface area (Å²) in [7, 11) is -3.68. The van der Waals surface area contributed by atoms with Crippen LogP contribution in [0.15, 0.2) is 29.2 Å². The maximum absolute atomic E-state index is 13.0. The summed E-state index contributed by atoms with van der Waals surface area (Å²) in [4.78, 5) is 24.9. The molecule has 2 amide bonds. The van der Waals surface area contributed by atoms with Crippen LogP contribution >= 0.6 is 0 Å². The summed E-state index contributed by atoms with van der Waals surface area (Å²) in [5.41, 5.74) is 0. The normalized spacial score (nSPS) is 23.3. The van der Waals surface area contributed by atoms with Crippen molar-refractivity contribution < 1.29 is 22.4 Å². The highest BCUT2D eigenvalue weighted by Crippen LogP contribution is 2.29. The molecule has 0 spiro atoms. The quantitative estimate of drug-likeness (QED) is 0.562. The minimum Gasteiger partial charge on any atom is -0.352 e. The lowest BCUT2D eigenvalue weighted by Gasteiger charge is -2.28. The van der Waals surface area contributed by atoms with Gasteiger partial charge in [-0.2, -0.15) is 0 Å². The Morgan fingerprint density at radius 3 is 2.26 bits per heavy atom. The van der Waals surface area contributed by atoms with Crippen molar-refractivity contribution in [1.29, 1.82) is 0 Å². The largest absolute Gasteiger partial charge is 0.352 e. The van der Waals surface area contributed by atoms with Crippen molar-refractivity contribution in [2.45, 2.75) is 75.3 Å². The van der Waals surface area contributed by atoms with Crippen molar-refractivity contribution in [1.82, 2.24) is 15.4 Å². The molecule has 1 aromatic rings. The van der Waals surface area contributed by atoms with Crippen molar-refractivity contribution in [3.8, 4) is 0 Å². The van der Waals surface area contributed by atoms with E-state index in [0.717, 1.165) is 50.7 Å². The molecule has 3 rings (SSSR count). The van der Waals surface area contributed by atoms with Gasteiger partial charge in [0.1, 0.15) is 11.9 Å². The molecule has 0 radical (unpaired) electrons. The molecule has 0 bridgehead atoms. The van der Waals surface area contributed by atoms with Gasteiger partial charge in [-0.25, -0.2) is 17.5 Å². The molecule has 0 aromatic heterocycles. The summed E-state index contributed by atoms with van der Waals surface area (Å²) in [6, 6.07) is 4.38. The van der Waals surface area contributed by atoms with Gasteiger partial charge in [-0.1, -0.05) is 12.8 Å². The van der Waals surface area contributed by atoms with E-state index in [4.69, 9.17) is 0 Å². The third-order valence-electron chi connectivity index (χ3n) is 6.36. The highest BCUT2D eigenvalue weighted by Gasteiger charge is 2.29. The topological polar surface area (TPSA) is 104 Å². The molecule has 1 aromatic carbocycles. The lowest BCUT2D eigenvalue weighted by atomic mass is 9.81. The van der Waals surface area contributed by atoms with Crippen LogP contribution in [-0.2, 0) is 19.6 Å². The third kappa shape index (κ3) is 6.74. The summed E-state index contributed by atoms with van der Waals surface area (Å²) < 4.78 is 40.2. The van der Waals surface area contributed by atoms with Gasteiger partial charge < -0.3 is 10.6 Å². The van der Waals surface area contributed by atoms with E-state index >= 15 is 0 Å². The van der Waals surface area contributed by atoms with Gasteiger partial charge >= 0.3 is 0 Å². The van der Waals surface area contributed by atoms with Crippen molar-refractivity contribution >= 4 is 21.8 Å². The number of benzene rings is 1. The molecule has 2 aliphatic rings. The van der Waals surface area contributed by atoms with Crippen LogP contribution in [0.3, 0.4) is 0 Å². The standard InChI is InChI=1S/C22H32FN3O4S/c1-15(21(27)26-19-4-2-3-5-19)25-22(28)17-8-6-16(7-9-17)14-24-31(29,30)20-12-10-18(23)11-13-20/h10-13,15-17,19,24H,2-9,14H2,1H3,(H,25,28)(H,26,27). The monoisotopic (exact) mass is 453 g/mol. The number of hydrogen-bond acceptors (Lipinski definition) is 4. The first-order valence-electron chi connectivity index (χ1n) is 11.1. The van der Waals surface area contributed by atoms with E-state index < -0.39 is 21.9 Å². The number of sulfonamides is 1. The Labute approximate surface area is 183 Å². The molecule has 1 unspecified atom stereocenters. The molecule has 2 aliphatic carbocycles. The fraction of sp³-hybridized carbons (Fsp3) is 0.636. The van der Waals surface area contributed by atoms with Crippen LogP contribution in [0.1, 0.15) is 58.3 Å². The van der Waals surface area contributed by atoms with E-state index in [-0.39, 0.29) is 41.1 Å². The van der Waals surface area contributed by atoms with E-state index in [0.29, 0.717) is 12.8 Å². The van der Waals surface area contributed by atoms with Gasteiger partial charge in [-0.15, -0.1) is 0 Å². The minimum atomic E-state index is -3.68. The second-order valence-corrected chi connectivity index (χ2v) is 10.5. The zero-order valence-corrected chi connectivity index (χ0v) is 18.7. The number of carbonyl (C=O) groups excluding carboxylic acids is 2. The van der Waals surface area contributed by atoms with E-state index in [9.17, 15) is 22.4 Å². The molecular weight excluding hydrogens is 421 g/mol. The molecule has 0 aliphatic heterocycles. The summed E-state index contributed by atoms with van der Waals surface area (Å²) in [5, 5.41) is 5.83. The summed E-state index contributed by atoms with van der Waals surface area (Å²) >= 11 is 0. The van der Waals surface area contributed by atoms with Crippen molar-refractivity contribution in [3.05, 3.63) is 30.1 Å². The van der Waals surface area contributed by atoms with Crippen LogP contribution in [0.2, 0.25) is 0 Å². The van der Waals surface area contributed by atoms with Crippen molar-refractivity contribution in [2.75, 3.05) is 6.54 Å². The number of nitrogens with one attached hydrogen (secondary N) is 3. The highest BCUT2D eigenvalue weighted by atomic mass is 32.2. The first-order chi connectivity index (χ1) is 14.7. The molecule has 31 heavy (non-hydrogen) atoms. The van der Waals surface area contributed by atoms with E-state index in [1.807, 2.05) is 0 Å². The Morgan fingerprint density at radius 2 is 1.65 bits per heavy atom. The fourth-order valence-corrected chi connectivity index (χ4v) is 5.46. The summed E-state index contributed by atoms with van der Waals surface area (Å²) in [6.45, 7) is 1.99. The second kappa shape index (κ2) is 10.5. The molecule has 0 heterocycles. The van der Waals surface area contributed by atoms with E-state index in [1.165, 1.54) is 12.1 Å². The molecule has 172 valence electrons. The second-order valence-electron chi connectivity index (χ2n) is 8.74. The molecule has 1 atom stereocenters. The number of carbonyl (C=O) groups is 2. The van der Waals surface area contributed by atoms with Gasteiger partial charge in [0.15, 0.2) is 0 Å². The van der Waals surface area contributed by atoms with Gasteiger partial charge in [-0.3, -0.25) is 9.59 Å². The maximum atomic E-state index is 13.0. The summed E-state index contributed by atoms with van der Waals surface area (Å²) in [5.74, 6) is -0.751. The zero-order valence-electron chi connectivity index (χ0n) is 17.9. The average molecular weight is 454 g/mol. The molecule has 9 heteroatoms. The van der Waals surface area contributed by atoms with Gasteiger partial charge in [0.25, 0.3) is 0 Å². The van der Waals surface area contributed by atoms with Crippen molar-refractivity contribution in [2.24, 2.45) is 11.8 Å². The number of rotatable bonds is 8. The SMILES string of the molecule is CC(NC(=O)C1CCC(CNS(=O)(=O)c2ccc(F)cc2)CC1)C(=O)NC1CCCC1. The zero-order chi connectivity index (χ0) is 22.4. The minimum absolute atomic E-state index is 0.0341. The van der Waals surface area contributed by atoms with E-state index in [1.54, 1.807) is 6.92 Å². The van der Waals surface area contributed by atoms with Gasteiger partial charge in [0, 0.05) is 18.5 Å². The van der Waals surface area contributed by atoms with Crippen LogP contribution in [0.25, 0.3) is 0 Å². The van der Waals surface area contributed by atoms with Crippen LogP contribution in [0, 0.1) is 17.7 Å². The predicted octanol–water partition coefficient (Wildman–Crippen LogP) is 2.47. The Hall–Kier alpha value is -2.00. The fourth-order valence-electron chi connectivity index (χ4n) is 4.35. The van der Waals surface area contributed by atoms with E-state index in [2.05, 4.69) is 15.4 Å². The molecule has 3 N–H and O–H groups in total. The van der Waals surface area contributed by atoms with Gasteiger partial charge in [0.2, 0.25) is 21.8 Å².